The van der Waals surface area contributed by atoms with Crippen molar-refractivity contribution in [2.75, 3.05) is 6.54 Å². The van der Waals surface area contributed by atoms with Crippen LogP contribution in [0.2, 0.25) is 0 Å². The lowest BCUT2D eigenvalue weighted by Crippen LogP contribution is -2.03. The van der Waals surface area contributed by atoms with Gasteiger partial charge in [0.1, 0.15) is 5.82 Å². The fourth-order valence-electron chi connectivity index (χ4n) is 1.90. The van der Waals surface area contributed by atoms with Crippen molar-refractivity contribution in [2.24, 2.45) is 5.73 Å². The number of aromatic nitrogens is 4. The maximum atomic E-state index is 13.5. The van der Waals surface area contributed by atoms with Crippen LogP contribution in [-0.2, 0) is 6.42 Å². The lowest BCUT2D eigenvalue weighted by atomic mass is 10.1. The number of nitrogens with two attached hydrogens (primary N) is 1. The summed E-state index contributed by atoms with van der Waals surface area (Å²) in [6, 6.07) is 5.36. The first-order chi connectivity index (χ1) is 9.26. The van der Waals surface area contributed by atoms with E-state index in [1.165, 1.54) is 23.9 Å². The number of nitrogens with zero attached hydrogens (tertiary/aromatic N) is 4. The van der Waals surface area contributed by atoms with E-state index in [1.54, 1.807) is 0 Å². The van der Waals surface area contributed by atoms with E-state index in [1.807, 2.05) is 10.7 Å². The highest BCUT2D eigenvalue weighted by atomic mass is 32.2. The van der Waals surface area contributed by atoms with Crippen molar-refractivity contribution in [1.82, 2.24) is 20.2 Å². The molecule has 2 aromatic rings. The summed E-state index contributed by atoms with van der Waals surface area (Å²) >= 11 is 1.39. The van der Waals surface area contributed by atoms with Gasteiger partial charge in [0.15, 0.2) is 0 Å². The van der Waals surface area contributed by atoms with E-state index in [0.29, 0.717) is 24.2 Å². The van der Waals surface area contributed by atoms with Gasteiger partial charge >= 0.3 is 0 Å². The third-order valence-corrected chi connectivity index (χ3v) is 3.85. The highest BCUT2D eigenvalue weighted by Gasteiger charge is 2.28. The molecule has 19 heavy (non-hydrogen) atoms. The summed E-state index contributed by atoms with van der Waals surface area (Å²) in [5, 5.41) is 12.4. The molecular weight excluding hydrogens is 265 g/mol. The molecule has 0 aliphatic heterocycles. The SMILES string of the molecule is NCCc1cc(F)cc(Sc2nnnn2C2CC2)c1. The van der Waals surface area contributed by atoms with E-state index in [-0.39, 0.29) is 5.82 Å². The summed E-state index contributed by atoms with van der Waals surface area (Å²) in [4.78, 5) is 0.806. The van der Waals surface area contributed by atoms with Gasteiger partial charge in [-0.3, -0.25) is 0 Å². The summed E-state index contributed by atoms with van der Waals surface area (Å²) in [7, 11) is 0. The lowest BCUT2D eigenvalue weighted by Gasteiger charge is -2.05. The number of benzene rings is 1. The van der Waals surface area contributed by atoms with Gasteiger partial charge in [-0.15, -0.1) is 5.10 Å². The van der Waals surface area contributed by atoms with Gasteiger partial charge in [-0.1, -0.05) is 0 Å². The van der Waals surface area contributed by atoms with Crippen molar-refractivity contribution in [3.05, 3.63) is 29.6 Å². The first-order valence-corrected chi connectivity index (χ1v) is 7.03. The number of tetrazole rings is 1. The molecule has 1 aromatic carbocycles. The molecule has 7 heteroatoms. The van der Waals surface area contributed by atoms with Crippen LogP contribution in [0.15, 0.2) is 28.3 Å². The van der Waals surface area contributed by atoms with Crippen molar-refractivity contribution >= 4 is 11.8 Å². The molecule has 0 saturated heterocycles. The summed E-state index contributed by atoms with van der Waals surface area (Å²) < 4.78 is 15.4. The Labute approximate surface area is 114 Å². The lowest BCUT2D eigenvalue weighted by molar-refractivity contribution is 0.565. The molecule has 1 aromatic heterocycles. The Balaban J connectivity index is 1.83. The van der Waals surface area contributed by atoms with Crippen molar-refractivity contribution in [1.29, 1.82) is 0 Å². The van der Waals surface area contributed by atoms with Crippen LogP contribution in [0.25, 0.3) is 0 Å². The molecule has 1 saturated carbocycles. The maximum Gasteiger partial charge on any atom is 0.214 e. The second kappa shape index (κ2) is 5.26. The minimum Gasteiger partial charge on any atom is -0.330 e. The van der Waals surface area contributed by atoms with Gasteiger partial charge in [-0.05, 0) is 71.8 Å². The molecule has 3 rings (SSSR count). The van der Waals surface area contributed by atoms with Crippen molar-refractivity contribution in [2.45, 2.75) is 35.4 Å². The predicted molar refractivity (Wildman–Crippen MR) is 69.4 cm³/mol. The van der Waals surface area contributed by atoms with E-state index in [4.69, 9.17) is 5.73 Å². The number of hydrogen-bond donors (Lipinski definition) is 1. The summed E-state index contributed by atoms with van der Waals surface area (Å²) in [5.41, 5.74) is 6.40. The van der Waals surface area contributed by atoms with Crippen LogP contribution in [0.3, 0.4) is 0 Å². The fraction of sp³-hybridized carbons (Fsp3) is 0.417. The minimum absolute atomic E-state index is 0.251. The minimum atomic E-state index is -0.251. The predicted octanol–water partition coefficient (Wildman–Crippen LogP) is 1.80. The summed E-state index contributed by atoms with van der Waals surface area (Å²) in [6.07, 6.45) is 2.89. The first kappa shape index (κ1) is 12.6. The van der Waals surface area contributed by atoms with E-state index in [2.05, 4.69) is 15.5 Å². The van der Waals surface area contributed by atoms with Crippen LogP contribution in [0, 0.1) is 5.82 Å². The Bertz CT molecular complexity index is 581. The van der Waals surface area contributed by atoms with E-state index >= 15 is 0 Å². The van der Waals surface area contributed by atoms with E-state index in [0.717, 1.165) is 23.3 Å². The van der Waals surface area contributed by atoms with Gasteiger partial charge < -0.3 is 5.73 Å². The Kier molecular flexibility index (Phi) is 3.48. The smallest absolute Gasteiger partial charge is 0.214 e. The topological polar surface area (TPSA) is 69.6 Å². The molecule has 0 spiro atoms. The highest BCUT2D eigenvalue weighted by molar-refractivity contribution is 7.99. The molecule has 1 aliphatic carbocycles. The van der Waals surface area contributed by atoms with Crippen molar-refractivity contribution in [3.8, 4) is 0 Å². The van der Waals surface area contributed by atoms with E-state index < -0.39 is 0 Å². The van der Waals surface area contributed by atoms with Gasteiger partial charge in [0.05, 0.1) is 6.04 Å². The zero-order chi connectivity index (χ0) is 13.2. The van der Waals surface area contributed by atoms with Crippen LogP contribution >= 0.6 is 11.8 Å². The van der Waals surface area contributed by atoms with Gasteiger partial charge in [0.2, 0.25) is 5.16 Å². The Morgan fingerprint density at radius 1 is 1.37 bits per heavy atom. The number of halogens is 1. The zero-order valence-electron chi connectivity index (χ0n) is 10.3. The molecule has 1 aliphatic rings. The summed E-state index contributed by atoms with van der Waals surface area (Å²) in [5.74, 6) is -0.251. The quantitative estimate of drug-likeness (QED) is 0.903. The second-order valence-corrected chi connectivity index (χ2v) is 5.61. The van der Waals surface area contributed by atoms with Crippen LogP contribution in [0.4, 0.5) is 4.39 Å². The van der Waals surface area contributed by atoms with Gasteiger partial charge in [-0.2, -0.15) is 0 Å². The Morgan fingerprint density at radius 3 is 2.95 bits per heavy atom. The van der Waals surface area contributed by atoms with Crippen molar-refractivity contribution in [3.63, 3.8) is 0 Å². The maximum absolute atomic E-state index is 13.5. The van der Waals surface area contributed by atoms with Gasteiger partial charge in [-0.25, -0.2) is 9.07 Å². The zero-order valence-corrected chi connectivity index (χ0v) is 11.1. The largest absolute Gasteiger partial charge is 0.330 e. The fourth-order valence-corrected chi connectivity index (χ4v) is 2.85. The standard InChI is InChI=1S/C12H14FN5S/c13-9-5-8(3-4-14)6-11(7-9)19-12-15-16-17-18(12)10-1-2-10/h5-7,10H,1-4,14H2. The van der Waals surface area contributed by atoms with E-state index in [9.17, 15) is 4.39 Å². The Hall–Kier alpha value is -1.47. The first-order valence-electron chi connectivity index (χ1n) is 6.21. The van der Waals surface area contributed by atoms with Gasteiger partial charge in [0.25, 0.3) is 0 Å². The molecule has 0 radical (unpaired) electrons. The molecule has 2 N–H and O–H groups in total. The molecule has 5 nitrogen and oxygen atoms in total. The van der Waals surface area contributed by atoms with Crippen LogP contribution in [-0.4, -0.2) is 26.8 Å². The number of rotatable bonds is 5. The normalized spacial score (nSPS) is 14.8. The van der Waals surface area contributed by atoms with Gasteiger partial charge in [0, 0.05) is 4.90 Å². The molecule has 0 unspecified atom stereocenters. The average Bonchev–Trinajstić information content (AvgIpc) is 3.10. The molecular formula is C12H14FN5S. The second-order valence-electron chi connectivity index (χ2n) is 4.57. The third-order valence-electron chi connectivity index (χ3n) is 2.93. The van der Waals surface area contributed by atoms with Crippen molar-refractivity contribution < 1.29 is 4.39 Å². The molecule has 0 atom stereocenters. The average molecular weight is 279 g/mol. The number of hydrogen-bond acceptors (Lipinski definition) is 5. The van der Waals surface area contributed by atoms with Crippen LogP contribution < -0.4 is 5.73 Å². The molecule has 0 bridgehead atoms. The Morgan fingerprint density at radius 2 is 2.21 bits per heavy atom. The molecule has 1 heterocycles. The van der Waals surface area contributed by atoms with Crippen LogP contribution in [0.5, 0.6) is 0 Å². The monoisotopic (exact) mass is 279 g/mol. The summed E-state index contributed by atoms with van der Waals surface area (Å²) in [6.45, 7) is 0.507. The van der Waals surface area contributed by atoms with Crippen LogP contribution in [0.1, 0.15) is 24.4 Å². The molecule has 1 fully saturated rings. The molecule has 0 amide bonds. The third kappa shape index (κ3) is 2.93. The highest BCUT2D eigenvalue weighted by Crippen LogP contribution is 2.38. The molecule has 100 valence electrons.